The minimum Gasteiger partial charge on any atom is -0.397 e. The average Bonchev–Trinajstić information content (AvgIpc) is 3.23. The maximum Gasteiger partial charge on any atom is 0.0716 e. The molecular formula is C19H23N5. The summed E-state index contributed by atoms with van der Waals surface area (Å²) in [5.74, 6) is 5.99. The van der Waals surface area contributed by atoms with Crippen molar-refractivity contribution in [3.8, 4) is 0 Å². The molecule has 1 unspecified atom stereocenters. The Kier molecular flexibility index (Phi) is 3.88. The van der Waals surface area contributed by atoms with Crippen LogP contribution in [0.5, 0.6) is 0 Å². The molecule has 124 valence electrons. The fraction of sp³-hybridized carbons (Fsp3) is 0.263. The van der Waals surface area contributed by atoms with E-state index in [9.17, 15) is 0 Å². The molecule has 2 heterocycles. The van der Waals surface area contributed by atoms with Gasteiger partial charge in [-0.15, -0.1) is 0 Å². The van der Waals surface area contributed by atoms with Crippen LogP contribution in [0.4, 0.5) is 11.4 Å². The number of nitrogen functional groups attached to an aromatic ring is 2. The highest BCUT2D eigenvalue weighted by Crippen LogP contribution is 2.32. The molecule has 0 radical (unpaired) electrons. The second-order valence-corrected chi connectivity index (χ2v) is 6.57. The molecule has 5 heteroatoms. The second-order valence-electron chi connectivity index (χ2n) is 6.57. The van der Waals surface area contributed by atoms with Gasteiger partial charge in [0.05, 0.1) is 11.4 Å². The Balaban J connectivity index is 1.47. The molecule has 1 aliphatic heterocycles. The molecule has 1 fully saturated rings. The molecule has 6 N–H and O–H groups in total. The Morgan fingerprint density at radius 3 is 2.92 bits per heavy atom. The number of hydrazine groups is 1. The number of nitrogens with zero attached hydrogens (tertiary/aromatic N) is 1. The van der Waals surface area contributed by atoms with Gasteiger partial charge in [0, 0.05) is 30.2 Å². The first-order valence-electron chi connectivity index (χ1n) is 8.38. The third-order valence-corrected chi connectivity index (χ3v) is 5.04. The predicted octanol–water partition coefficient (Wildman–Crippen LogP) is 3.03. The topological polar surface area (TPSA) is 83.1 Å². The van der Waals surface area contributed by atoms with Crippen molar-refractivity contribution in [1.82, 2.24) is 9.88 Å². The van der Waals surface area contributed by atoms with Crippen LogP contribution in [0.2, 0.25) is 0 Å². The summed E-state index contributed by atoms with van der Waals surface area (Å²) in [4.78, 5) is 5.88. The first-order chi connectivity index (χ1) is 11.7. The van der Waals surface area contributed by atoms with Crippen LogP contribution in [-0.4, -0.2) is 23.0 Å². The lowest BCUT2D eigenvalue weighted by molar-refractivity contribution is 0.328. The number of nitrogens with one attached hydrogen (secondary N) is 2. The summed E-state index contributed by atoms with van der Waals surface area (Å²) in [6.07, 6.45) is 3.30. The number of hydrogen-bond donors (Lipinski definition) is 4. The van der Waals surface area contributed by atoms with Crippen LogP contribution in [0.3, 0.4) is 0 Å². The van der Waals surface area contributed by atoms with E-state index in [0.29, 0.717) is 11.6 Å². The van der Waals surface area contributed by atoms with Gasteiger partial charge in [0.1, 0.15) is 0 Å². The molecule has 24 heavy (non-hydrogen) atoms. The summed E-state index contributed by atoms with van der Waals surface area (Å²) in [5, 5.41) is 1.32. The van der Waals surface area contributed by atoms with Gasteiger partial charge in [-0.05, 0) is 48.2 Å². The molecule has 0 aliphatic carbocycles. The normalized spacial score (nSPS) is 18.3. The largest absolute Gasteiger partial charge is 0.397 e. The lowest BCUT2D eigenvalue weighted by Crippen LogP contribution is -2.19. The number of fused-ring (bicyclic) bond motifs is 1. The van der Waals surface area contributed by atoms with Crippen molar-refractivity contribution in [2.45, 2.75) is 18.9 Å². The van der Waals surface area contributed by atoms with E-state index in [1.54, 1.807) is 0 Å². The Hall–Kier alpha value is -2.50. The number of aromatic nitrogens is 1. The second kappa shape index (κ2) is 6.19. The van der Waals surface area contributed by atoms with Gasteiger partial charge >= 0.3 is 0 Å². The molecular weight excluding hydrogens is 298 g/mol. The Bertz CT molecular complexity index is 854. The van der Waals surface area contributed by atoms with Crippen molar-refractivity contribution in [1.29, 1.82) is 0 Å². The van der Waals surface area contributed by atoms with Gasteiger partial charge in [-0.1, -0.05) is 24.3 Å². The van der Waals surface area contributed by atoms with E-state index < -0.39 is 0 Å². The predicted molar refractivity (Wildman–Crippen MR) is 99.6 cm³/mol. The summed E-state index contributed by atoms with van der Waals surface area (Å²) >= 11 is 0. The van der Waals surface area contributed by atoms with Gasteiger partial charge in [0.25, 0.3) is 0 Å². The molecule has 1 aliphatic rings. The van der Waals surface area contributed by atoms with E-state index >= 15 is 0 Å². The number of H-pyrrole nitrogens is 1. The number of hydrogen-bond acceptors (Lipinski definition) is 4. The van der Waals surface area contributed by atoms with Crippen molar-refractivity contribution in [2.24, 2.45) is 5.84 Å². The SMILES string of the molecule is NNc1ccc(C2CCN(Cc3c[nH]c4ccccc34)C2)cc1N. The van der Waals surface area contributed by atoms with Crippen LogP contribution in [0.25, 0.3) is 10.9 Å². The average molecular weight is 321 g/mol. The number of aromatic amines is 1. The van der Waals surface area contributed by atoms with Gasteiger partial charge in [-0.2, -0.15) is 0 Å². The van der Waals surface area contributed by atoms with Crippen LogP contribution in [0.1, 0.15) is 23.5 Å². The van der Waals surface area contributed by atoms with Crippen LogP contribution in [-0.2, 0) is 6.54 Å². The molecule has 0 bridgehead atoms. The van der Waals surface area contributed by atoms with E-state index in [0.717, 1.165) is 31.7 Å². The zero-order valence-electron chi connectivity index (χ0n) is 13.6. The lowest BCUT2D eigenvalue weighted by Gasteiger charge is -2.16. The molecule has 0 saturated carbocycles. The number of nitrogens with two attached hydrogens (primary N) is 2. The number of likely N-dealkylation sites (tertiary alicyclic amines) is 1. The van der Waals surface area contributed by atoms with Crippen LogP contribution < -0.4 is 17.0 Å². The van der Waals surface area contributed by atoms with E-state index in [-0.39, 0.29) is 0 Å². The number of rotatable bonds is 4. The zero-order valence-corrected chi connectivity index (χ0v) is 13.6. The molecule has 1 atom stereocenters. The molecule has 1 saturated heterocycles. The molecule has 1 aromatic heterocycles. The summed E-state index contributed by atoms with van der Waals surface area (Å²) in [6, 6.07) is 14.6. The van der Waals surface area contributed by atoms with Gasteiger partial charge < -0.3 is 16.1 Å². The van der Waals surface area contributed by atoms with Gasteiger partial charge in [0.15, 0.2) is 0 Å². The smallest absolute Gasteiger partial charge is 0.0716 e. The van der Waals surface area contributed by atoms with Gasteiger partial charge in [-0.3, -0.25) is 10.7 Å². The fourth-order valence-corrected chi connectivity index (χ4v) is 3.72. The van der Waals surface area contributed by atoms with Gasteiger partial charge in [0.2, 0.25) is 0 Å². The fourth-order valence-electron chi connectivity index (χ4n) is 3.72. The third kappa shape index (κ3) is 2.72. The van der Waals surface area contributed by atoms with E-state index in [2.05, 4.69) is 57.9 Å². The highest BCUT2D eigenvalue weighted by molar-refractivity contribution is 5.83. The van der Waals surface area contributed by atoms with E-state index in [1.807, 2.05) is 6.07 Å². The van der Waals surface area contributed by atoms with Crippen molar-refractivity contribution < 1.29 is 0 Å². The molecule has 2 aromatic carbocycles. The Labute approximate surface area is 141 Å². The Morgan fingerprint density at radius 1 is 1.21 bits per heavy atom. The number of para-hydroxylation sites is 1. The van der Waals surface area contributed by atoms with Gasteiger partial charge in [-0.25, -0.2) is 0 Å². The highest BCUT2D eigenvalue weighted by Gasteiger charge is 2.24. The van der Waals surface area contributed by atoms with Crippen molar-refractivity contribution in [2.75, 3.05) is 24.2 Å². The van der Waals surface area contributed by atoms with Crippen LogP contribution in [0, 0.1) is 0 Å². The number of benzene rings is 2. The monoisotopic (exact) mass is 321 g/mol. The maximum atomic E-state index is 6.05. The van der Waals surface area contributed by atoms with Crippen molar-refractivity contribution in [3.63, 3.8) is 0 Å². The van der Waals surface area contributed by atoms with E-state index in [4.69, 9.17) is 11.6 Å². The molecule has 4 rings (SSSR count). The molecule has 0 spiro atoms. The third-order valence-electron chi connectivity index (χ3n) is 5.04. The minimum atomic E-state index is 0.532. The first-order valence-corrected chi connectivity index (χ1v) is 8.38. The summed E-state index contributed by atoms with van der Waals surface area (Å²) < 4.78 is 0. The Morgan fingerprint density at radius 2 is 2.08 bits per heavy atom. The van der Waals surface area contributed by atoms with Crippen molar-refractivity contribution in [3.05, 3.63) is 59.8 Å². The quantitative estimate of drug-likeness (QED) is 0.338. The van der Waals surface area contributed by atoms with Crippen LogP contribution >= 0.6 is 0 Å². The molecule has 5 nitrogen and oxygen atoms in total. The summed E-state index contributed by atoms with van der Waals surface area (Å²) in [5.41, 5.74) is 14.1. The highest BCUT2D eigenvalue weighted by atomic mass is 15.2. The first kappa shape index (κ1) is 15.1. The summed E-state index contributed by atoms with van der Waals surface area (Å²) in [6.45, 7) is 3.16. The van der Waals surface area contributed by atoms with Crippen LogP contribution in [0.15, 0.2) is 48.7 Å². The standard InChI is InChI=1S/C19H23N5/c20-17-9-13(5-6-19(17)23-21)14-7-8-24(11-14)12-15-10-22-18-4-2-1-3-16(15)18/h1-6,9-10,14,22-23H,7-8,11-12,20-21H2. The maximum absolute atomic E-state index is 6.05. The zero-order chi connectivity index (χ0) is 16.5. The molecule has 3 aromatic rings. The molecule has 0 amide bonds. The minimum absolute atomic E-state index is 0.532. The van der Waals surface area contributed by atoms with E-state index in [1.165, 1.54) is 22.0 Å². The lowest BCUT2D eigenvalue weighted by atomic mass is 9.97. The van der Waals surface area contributed by atoms with Crippen molar-refractivity contribution >= 4 is 22.3 Å². The number of anilines is 2. The summed E-state index contributed by atoms with van der Waals surface area (Å²) in [7, 11) is 0.